The number of aromatic nitrogens is 1. The Morgan fingerprint density at radius 3 is 2.78 bits per heavy atom. The fourth-order valence-corrected chi connectivity index (χ4v) is 4.08. The number of thioether (sulfide) groups is 1. The first-order valence-corrected chi connectivity index (χ1v) is 7.74. The molecule has 3 atom stereocenters. The van der Waals surface area contributed by atoms with Crippen LogP contribution in [0, 0.1) is 18.8 Å². The molecule has 1 aliphatic rings. The number of nitrogens with zero attached hydrogens (tertiary/aromatic N) is 1. The summed E-state index contributed by atoms with van der Waals surface area (Å²) in [6.07, 6.45) is 5.59. The SMILES string of the molecule is CNC1CCC(C(C)C)CC1Sc1nc(C)co1. The van der Waals surface area contributed by atoms with E-state index in [9.17, 15) is 0 Å². The van der Waals surface area contributed by atoms with Crippen LogP contribution in [0.2, 0.25) is 0 Å². The number of aryl methyl sites for hydroxylation is 1. The van der Waals surface area contributed by atoms with Crippen molar-refractivity contribution < 1.29 is 4.42 Å². The first-order chi connectivity index (χ1) is 8.60. The van der Waals surface area contributed by atoms with E-state index in [-0.39, 0.29) is 0 Å². The predicted octanol–water partition coefficient (Wildman–Crippen LogP) is 3.49. The minimum atomic E-state index is 0.578. The molecule has 1 aromatic heterocycles. The van der Waals surface area contributed by atoms with Crippen LogP contribution in [0.25, 0.3) is 0 Å². The van der Waals surface area contributed by atoms with E-state index in [1.54, 1.807) is 18.0 Å². The highest BCUT2D eigenvalue weighted by Crippen LogP contribution is 2.38. The maximum atomic E-state index is 5.48. The Morgan fingerprint density at radius 1 is 1.44 bits per heavy atom. The van der Waals surface area contributed by atoms with Gasteiger partial charge in [-0.2, -0.15) is 0 Å². The number of nitrogens with one attached hydrogen (secondary N) is 1. The zero-order valence-electron chi connectivity index (χ0n) is 11.8. The lowest BCUT2D eigenvalue weighted by Gasteiger charge is -2.36. The van der Waals surface area contributed by atoms with Crippen molar-refractivity contribution in [3.63, 3.8) is 0 Å². The molecule has 0 aromatic carbocycles. The second kappa shape index (κ2) is 6.11. The Kier molecular flexibility index (Phi) is 4.73. The van der Waals surface area contributed by atoms with Gasteiger partial charge in [0.2, 0.25) is 0 Å². The lowest BCUT2D eigenvalue weighted by molar-refractivity contribution is 0.250. The smallest absolute Gasteiger partial charge is 0.256 e. The molecular formula is C14H24N2OS. The Morgan fingerprint density at radius 2 is 2.22 bits per heavy atom. The molecule has 3 unspecified atom stereocenters. The highest BCUT2D eigenvalue weighted by Gasteiger charge is 2.32. The van der Waals surface area contributed by atoms with Crippen LogP contribution in [0.4, 0.5) is 0 Å². The third-order valence-electron chi connectivity index (χ3n) is 4.00. The Balaban J connectivity index is 2.02. The largest absolute Gasteiger partial charge is 0.440 e. The van der Waals surface area contributed by atoms with Crippen molar-refractivity contribution in [1.82, 2.24) is 10.3 Å². The van der Waals surface area contributed by atoms with E-state index in [0.717, 1.165) is 22.8 Å². The number of rotatable bonds is 4. The number of oxazole rings is 1. The van der Waals surface area contributed by atoms with Crippen LogP contribution in [0.5, 0.6) is 0 Å². The molecule has 1 fully saturated rings. The summed E-state index contributed by atoms with van der Waals surface area (Å²) in [7, 11) is 2.06. The summed E-state index contributed by atoms with van der Waals surface area (Å²) >= 11 is 1.80. The van der Waals surface area contributed by atoms with Crippen LogP contribution >= 0.6 is 11.8 Å². The van der Waals surface area contributed by atoms with E-state index < -0.39 is 0 Å². The maximum absolute atomic E-state index is 5.48. The zero-order valence-corrected chi connectivity index (χ0v) is 12.6. The van der Waals surface area contributed by atoms with Crippen LogP contribution < -0.4 is 5.32 Å². The second-order valence-electron chi connectivity index (χ2n) is 5.62. The van der Waals surface area contributed by atoms with Gasteiger partial charge in [0.15, 0.2) is 0 Å². The van der Waals surface area contributed by atoms with E-state index in [4.69, 9.17) is 4.42 Å². The summed E-state index contributed by atoms with van der Waals surface area (Å²) in [4.78, 5) is 4.41. The molecule has 0 bridgehead atoms. The van der Waals surface area contributed by atoms with Crippen molar-refractivity contribution in [3.8, 4) is 0 Å². The van der Waals surface area contributed by atoms with E-state index in [1.165, 1.54) is 19.3 Å². The molecule has 4 heteroatoms. The summed E-state index contributed by atoms with van der Waals surface area (Å²) in [5.74, 6) is 1.61. The molecule has 0 spiro atoms. The molecule has 102 valence electrons. The third kappa shape index (κ3) is 3.29. The van der Waals surface area contributed by atoms with Crippen molar-refractivity contribution in [1.29, 1.82) is 0 Å². The first-order valence-electron chi connectivity index (χ1n) is 6.86. The fraction of sp³-hybridized carbons (Fsp3) is 0.786. The lowest BCUT2D eigenvalue weighted by Crippen LogP contribution is -2.41. The summed E-state index contributed by atoms with van der Waals surface area (Å²) < 4.78 is 5.48. The van der Waals surface area contributed by atoms with Crippen molar-refractivity contribution in [2.75, 3.05) is 7.05 Å². The quantitative estimate of drug-likeness (QED) is 0.907. The molecule has 0 saturated heterocycles. The minimum Gasteiger partial charge on any atom is -0.440 e. The van der Waals surface area contributed by atoms with Crippen molar-refractivity contribution in [3.05, 3.63) is 12.0 Å². The topological polar surface area (TPSA) is 38.1 Å². The van der Waals surface area contributed by atoms with Gasteiger partial charge in [-0.1, -0.05) is 25.6 Å². The Hall–Kier alpha value is -0.480. The van der Waals surface area contributed by atoms with Crippen LogP contribution in [0.3, 0.4) is 0 Å². The van der Waals surface area contributed by atoms with Crippen molar-refractivity contribution in [2.45, 2.75) is 56.5 Å². The molecule has 1 aromatic rings. The van der Waals surface area contributed by atoms with E-state index in [1.807, 2.05) is 6.92 Å². The molecule has 0 aliphatic heterocycles. The van der Waals surface area contributed by atoms with Gasteiger partial charge in [-0.25, -0.2) is 4.98 Å². The molecule has 0 radical (unpaired) electrons. The average Bonchev–Trinajstić information content (AvgIpc) is 2.74. The summed E-state index contributed by atoms with van der Waals surface area (Å²) in [5.41, 5.74) is 0.967. The van der Waals surface area contributed by atoms with Gasteiger partial charge in [0.05, 0.1) is 5.69 Å². The van der Waals surface area contributed by atoms with Gasteiger partial charge >= 0.3 is 0 Å². The number of hydrogen-bond donors (Lipinski definition) is 1. The third-order valence-corrected chi connectivity index (χ3v) is 5.21. The monoisotopic (exact) mass is 268 g/mol. The van der Waals surface area contributed by atoms with Crippen molar-refractivity contribution >= 4 is 11.8 Å². The average molecular weight is 268 g/mol. The molecule has 0 amide bonds. The summed E-state index contributed by atoms with van der Waals surface area (Å²) in [6.45, 7) is 6.64. The fourth-order valence-electron chi connectivity index (χ4n) is 2.74. The van der Waals surface area contributed by atoms with Gasteiger partial charge in [-0.05, 0) is 45.1 Å². The first kappa shape index (κ1) is 13.9. The molecule has 18 heavy (non-hydrogen) atoms. The molecule has 1 saturated carbocycles. The van der Waals surface area contributed by atoms with Gasteiger partial charge in [-0.15, -0.1) is 0 Å². The molecule has 3 nitrogen and oxygen atoms in total. The molecule has 1 heterocycles. The van der Waals surface area contributed by atoms with Gasteiger partial charge in [-0.3, -0.25) is 0 Å². The van der Waals surface area contributed by atoms with E-state index in [0.29, 0.717) is 11.3 Å². The normalized spacial score (nSPS) is 28.8. The van der Waals surface area contributed by atoms with Gasteiger partial charge in [0, 0.05) is 11.3 Å². The highest BCUT2D eigenvalue weighted by atomic mass is 32.2. The van der Waals surface area contributed by atoms with E-state index >= 15 is 0 Å². The van der Waals surface area contributed by atoms with Crippen molar-refractivity contribution in [2.24, 2.45) is 11.8 Å². The Bertz CT molecular complexity index is 378. The number of hydrogen-bond acceptors (Lipinski definition) is 4. The molecular weight excluding hydrogens is 244 g/mol. The molecule has 1 aliphatic carbocycles. The lowest BCUT2D eigenvalue weighted by atomic mass is 9.79. The predicted molar refractivity (Wildman–Crippen MR) is 75.9 cm³/mol. The van der Waals surface area contributed by atoms with Crippen LogP contribution in [-0.4, -0.2) is 23.3 Å². The second-order valence-corrected chi connectivity index (χ2v) is 6.81. The van der Waals surface area contributed by atoms with Crippen LogP contribution in [0.1, 0.15) is 38.8 Å². The van der Waals surface area contributed by atoms with Gasteiger partial charge in [0.25, 0.3) is 5.22 Å². The molecule has 2 rings (SSSR count). The maximum Gasteiger partial charge on any atom is 0.256 e. The van der Waals surface area contributed by atoms with Crippen LogP contribution in [0.15, 0.2) is 15.9 Å². The van der Waals surface area contributed by atoms with E-state index in [2.05, 4.69) is 31.2 Å². The summed E-state index contributed by atoms with van der Waals surface area (Å²) in [5, 5.41) is 4.85. The highest BCUT2D eigenvalue weighted by molar-refractivity contribution is 7.99. The standard InChI is InChI=1S/C14H24N2OS/c1-9(2)11-5-6-12(15-4)13(7-11)18-14-16-10(3)8-17-14/h8-9,11-13,15H,5-7H2,1-4H3. The van der Waals surface area contributed by atoms with Gasteiger partial charge < -0.3 is 9.73 Å². The zero-order chi connectivity index (χ0) is 13.1. The van der Waals surface area contributed by atoms with Gasteiger partial charge in [0.1, 0.15) is 6.26 Å². The van der Waals surface area contributed by atoms with Crippen LogP contribution in [-0.2, 0) is 0 Å². The summed E-state index contributed by atoms with van der Waals surface area (Å²) in [6, 6.07) is 0.581. The molecule has 1 N–H and O–H groups in total. The minimum absolute atomic E-state index is 0.578. The Labute approximate surface area is 114 Å².